The smallest absolute Gasteiger partial charge is 0.239 e. The van der Waals surface area contributed by atoms with Crippen molar-refractivity contribution < 1.29 is 4.79 Å². The molecule has 1 aliphatic carbocycles. The number of carbonyl (C=O) groups excluding carboxylic acids is 1. The molecule has 0 radical (unpaired) electrons. The zero-order chi connectivity index (χ0) is 14.9. The third kappa shape index (κ3) is 2.79. The quantitative estimate of drug-likeness (QED) is 0.826. The molecule has 0 bridgehead atoms. The minimum Gasteiger partial charge on any atom is -0.354 e. The molecule has 4 rings (SSSR count). The van der Waals surface area contributed by atoms with E-state index in [0.717, 1.165) is 57.1 Å². The van der Waals surface area contributed by atoms with Gasteiger partial charge < -0.3 is 15.5 Å². The number of hydrogen-bond donors (Lipinski definition) is 2. The molecule has 0 aromatic carbocycles. The van der Waals surface area contributed by atoms with Gasteiger partial charge in [0.1, 0.15) is 11.6 Å². The molecule has 1 aromatic heterocycles. The lowest BCUT2D eigenvalue weighted by molar-refractivity contribution is -0.119. The number of nitrogens with zero attached hydrogens (tertiary/aromatic N) is 3. The fraction of sp³-hybridized carbons (Fsp3) is 0.688. The molecule has 2 N–H and O–H groups in total. The molecule has 2 fully saturated rings. The van der Waals surface area contributed by atoms with Crippen molar-refractivity contribution >= 4 is 11.7 Å². The molecule has 1 aromatic rings. The van der Waals surface area contributed by atoms with Crippen LogP contribution >= 0.6 is 0 Å². The second kappa shape index (κ2) is 5.83. The van der Waals surface area contributed by atoms with E-state index < -0.39 is 0 Å². The summed E-state index contributed by atoms with van der Waals surface area (Å²) in [6.45, 7) is 4.01. The number of aromatic nitrogens is 2. The Balaban J connectivity index is 1.74. The topological polar surface area (TPSA) is 70.2 Å². The first kappa shape index (κ1) is 13.9. The van der Waals surface area contributed by atoms with E-state index in [2.05, 4.69) is 15.5 Å². The van der Waals surface area contributed by atoms with E-state index in [1.807, 2.05) is 0 Å². The summed E-state index contributed by atoms with van der Waals surface area (Å²) >= 11 is 0. The first-order valence-corrected chi connectivity index (χ1v) is 8.43. The van der Waals surface area contributed by atoms with Crippen LogP contribution in [0.3, 0.4) is 0 Å². The van der Waals surface area contributed by atoms with Crippen molar-refractivity contribution in [3.63, 3.8) is 0 Å². The molecule has 1 saturated heterocycles. The highest BCUT2D eigenvalue weighted by molar-refractivity contribution is 5.81. The fourth-order valence-electron chi connectivity index (χ4n) is 3.32. The van der Waals surface area contributed by atoms with Gasteiger partial charge >= 0.3 is 0 Å². The SMILES string of the molecule is O=C1CN(c2nc(C3CC3)nc3c2CCNCC3)CCCN1. The van der Waals surface area contributed by atoms with Crippen LogP contribution < -0.4 is 15.5 Å². The van der Waals surface area contributed by atoms with Crippen LogP contribution in [0, 0.1) is 0 Å². The summed E-state index contributed by atoms with van der Waals surface area (Å²) in [5.74, 6) is 2.67. The average molecular weight is 301 g/mol. The monoisotopic (exact) mass is 301 g/mol. The fourth-order valence-corrected chi connectivity index (χ4v) is 3.32. The Labute approximate surface area is 130 Å². The van der Waals surface area contributed by atoms with Crippen molar-refractivity contribution in [3.05, 3.63) is 17.1 Å². The van der Waals surface area contributed by atoms with Gasteiger partial charge in [0, 0.05) is 37.5 Å². The van der Waals surface area contributed by atoms with Gasteiger partial charge in [0.05, 0.1) is 12.2 Å². The molecule has 3 heterocycles. The number of nitrogens with one attached hydrogen (secondary N) is 2. The van der Waals surface area contributed by atoms with Crippen molar-refractivity contribution in [2.75, 3.05) is 37.6 Å². The molecule has 1 amide bonds. The molecule has 22 heavy (non-hydrogen) atoms. The van der Waals surface area contributed by atoms with E-state index in [1.54, 1.807) is 0 Å². The predicted molar refractivity (Wildman–Crippen MR) is 84.1 cm³/mol. The van der Waals surface area contributed by atoms with E-state index >= 15 is 0 Å². The molecule has 3 aliphatic rings. The lowest BCUT2D eigenvalue weighted by Crippen LogP contribution is -2.34. The third-order valence-corrected chi connectivity index (χ3v) is 4.68. The largest absolute Gasteiger partial charge is 0.354 e. The van der Waals surface area contributed by atoms with Crippen LogP contribution in [-0.4, -0.2) is 48.6 Å². The number of anilines is 1. The Hall–Kier alpha value is -1.69. The zero-order valence-corrected chi connectivity index (χ0v) is 12.9. The van der Waals surface area contributed by atoms with Crippen LogP contribution in [0.2, 0.25) is 0 Å². The molecule has 1 saturated carbocycles. The second-order valence-electron chi connectivity index (χ2n) is 6.48. The minimum absolute atomic E-state index is 0.101. The maximum atomic E-state index is 11.9. The normalized spacial score (nSPS) is 22.5. The van der Waals surface area contributed by atoms with Crippen LogP contribution in [0.25, 0.3) is 0 Å². The molecule has 0 unspecified atom stereocenters. The second-order valence-corrected chi connectivity index (χ2v) is 6.48. The number of fused-ring (bicyclic) bond motifs is 1. The van der Waals surface area contributed by atoms with Crippen molar-refractivity contribution in [1.82, 2.24) is 20.6 Å². The summed E-state index contributed by atoms with van der Waals surface area (Å²) in [5.41, 5.74) is 2.45. The molecule has 6 heteroatoms. The highest BCUT2D eigenvalue weighted by Gasteiger charge is 2.30. The van der Waals surface area contributed by atoms with Crippen molar-refractivity contribution in [3.8, 4) is 0 Å². The molecule has 6 nitrogen and oxygen atoms in total. The number of carbonyl (C=O) groups is 1. The van der Waals surface area contributed by atoms with Crippen LogP contribution in [0.1, 0.15) is 42.3 Å². The highest BCUT2D eigenvalue weighted by atomic mass is 16.2. The van der Waals surface area contributed by atoms with Gasteiger partial charge in [-0.15, -0.1) is 0 Å². The highest BCUT2D eigenvalue weighted by Crippen LogP contribution is 2.39. The predicted octanol–water partition coefficient (Wildman–Crippen LogP) is 0.369. The molecule has 2 aliphatic heterocycles. The standard InChI is InChI=1S/C16H23N5O/c22-14-10-21(9-1-6-18-14)16-12-4-7-17-8-5-13(12)19-15(20-16)11-2-3-11/h11,17H,1-10H2,(H,18,22). The Bertz CT molecular complexity index is 584. The van der Waals surface area contributed by atoms with Gasteiger partial charge in [0.15, 0.2) is 0 Å². The molecular formula is C16H23N5O. The summed E-state index contributed by atoms with van der Waals surface area (Å²) in [7, 11) is 0. The first-order valence-electron chi connectivity index (χ1n) is 8.43. The average Bonchev–Trinajstić information content (AvgIpc) is 3.35. The van der Waals surface area contributed by atoms with E-state index in [9.17, 15) is 4.79 Å². The van der Waals surface area contributed by atoms with Crippen LogP contribution in [0.4, 0.5) is 5.82 Å². The van der Waals surface area contributed by atoms with E-state index in [-0.39, 0.29) is 5.91 Å². The lowest BCUT2D eigenvalue weighted by atomic mass is 10.1. The molecule has 0 spiro atoms. The van der Waals surface area contributed by atoms with Crippen molar-refractivity contribution in [2.24, 2.45) is 0 Å². The Kier molecular flexibility index (Phi) is 3.70. The molecule has 118 valence electrons. The maximum absolute atomic E-state index is 11.9. The summed E-state index contributed by atoms with van der Waals surface area (Å²) in [5, 5.41) is 6.39. The Morgan fingerprint density at radius 2 is 1.95 bits per heavy atom. The summed E-state index contributed by atoms with van der Waals surface area (Å²) in [6, 6.07) is 0. The Morgan fingerprint density at radius 1 is 1.09 bits per heavy atom. The minimum atomic E-state index is 0.101. The zero-order valence-electron chi connectivity index (χ0n) is 12.9. The summed E-state index contributed by atoms with van der Waals surface area (Å²) in [4.78, 5) is 23.8. The third-order valence-electron chi connectivity index (χ3n) is 4.68. The van der Waals surface area contributed by atoms with Gasteiger partial charge in [-0.2, -0.15) is 0 Å². The lowest BCUT2D eigenvalue weighted by Gasteiger charge is -2.24. The maximum Gasteiger partial charge on any atom is 0.239 e. The van der Waals surface area contributed by atoms with Crippen LogP contribution in [-0.2, 0) is 17.6 Å². The van der Waals surface area contributed by atoms with E-state index in [1.165, 1.54) is 24.1 Å². The van der Waals surface area contributed by atoms with Crippen LogP contribution in [0.15, 0.2) is 0 Å². The summed E-state index contributed by atoms with van der Waals surface area (Å²) in [6.07, 6.45) is 5.30. The van der Waals surface area contributed by atoms with Gasteiger partial charge in [0.2, 0.25) is 5.91 Å². The van der Waals surface area contributed by atoms with Gasteiger partial charge in [-0.3, -0.25) is 4.79 Å². The van der Waals surface area contributed by atoms with Gasteiger partial charge in [-0.25, -0.2) is 9.97 Å². The van der Waals surface area contributed by atoms with E-state index in [0.29, 0.717) is 12.5 Å². The number of amides is 1. The van der Waals surface area contributed by atoms with Crippen molar-refractivity contribution in [1.29, 1.82) is 0 Å². The molecular weight excluding hydrogens is 278 g/mol. The van der Waals surface area contributed by atoms with Gasteiger partial charge in [0.25, 0.3) is 0 Å². The van der Waals surface area contributed by atoms with E-state index in [4.69, 9.17) is 9.97 Å². The first-order chi connectivity index (χ1) is 10.8. The van der Waals surface area contributed by atoms with Crippen LogP contribution in [0.5, 0.6) is 0 Å². The van der Waals surface area contributed by atoms with Gasteiger partial charge in [-0.05, 0) is 32.2 Å². The molecule has 0 atom stereocenters. The summed E-state index contributed by atoms with van der Waals surface area (Å²) < 4.78 is 0. The Morgan fingerprint density at radius 3 is 2.82 bits per heavy atom. The number of hydrogen-bond acceptors (Lipinski definition) is 5. The number of rotatable bonds is 2. The van der Waals surface area contributed by atoms with Gasteiger partial charge in [-0.1, -0.05) is 0 Å². The van der Waals surface area contributed by atoms with Crippen molar-refractivity contribution in [2.45, 2.75) is 38.0 Å².